The van der Waals surface area contributed by atoms with E-state index in [2.05, 4.69) is 62.5 Å². The van der Waals surface area contributed by atoms with Crippen molar-refractivity contribution in [3.05, 3.63) is 48.6 Å². The van der Waals surface area contributed by atoms with Crippen molar-refractivity contribution in [3.63, 3.8) is 0 Å². The molecule has 3 unspecified atom stereocenters. The number of hydrogen-bond donors (Lipinski definition) is 1. The van der Waals surface area contributed by atoms with Gasteiger partial charge in [-0.15, -0.1) is 0 Å². The lowest BCUT2D eigenvalue weighted by Gasteiger charge is -2.30. The first-order valence-electron chi connectivity index (χ1n) is 32.4. The van der Waals surface area contributed by atoms with Crippen LogP contribution < -0.4 is 10.2 Å². The number of quaternary nitrogens is 1. The zero-order valence-corrected chi connectivity index (χ0v) is 51.9. The van der Waals surface area contributed by atoms with Gasteiger partial charge in [0.05, 0.1) is 33.8 Å². The molecule has 1 amide bonds. The van der Waals surface area contributed by atoms with E-state index in [1.54, 1.807) is 0 Å². The van der Waals surface area contributed by atoms with Crippen LogP contribution in [0.15, 0.2) is 48.6 Å². The van der Waals surface area contributed by atoms with E-state index in [-0.39, 0.29) is 24.9 Å². The average Bonchev–Trinajstić information content (AvgIpc) is 3.38. The maximum atomic E-state index is 13.5. The molecular formula is C66H125N2O7P. The number of rotatable bonds is 59. The fraction of sp³-hybridized carbons (Fsp3) is 0.848. The molecule has 3 atom stereocenters. The summed E-state index contributed by atoms with van der Waals surface area (Å²) in [6.07, 6.45) is 69.6. The van der Waals surface area contributed by atoms with E-state index in [1.807, 2.05) is 33.3 Å². The number of nitrogens with one attached hydrogen (secondary N) is 1. The summed E-state index contributed by atoms with van der Waals surface area (Å²) in [6.45, 7) is 6.74. The summed E-state index contributed by atoms with van der Waals surface area (Å²) < 4.78 is 30.3. The van der Waals surface area contributed by atoms with Crippen molar-refractivity contribution in [3.8, 4) is 0 Å². The van der Waals surface area contributed by atoms with Crippen LogP contribution in [0.5, 0.6) is 0 Å². The summed E-state index contributed by atoms with van der Waals surface area (Å²) in [7, 11) is 1.18. The number of phosphoric ester groups is 1. The molecule has 0 bridgehead atoms. The Morgan fingerprint density at radius 1 is 0.474 bits per heavy atom. The largest absolute Gasteiger partial charge is 0.756 e. The normalized spacial score (nSPS) is 13.9. The number of ether oxygens (including phenoxy) is 1. The minimum atomic E-state index is -4.70. The zero-order chi connectivity index (χ0) is 55.7. The summed E-state index contributed by atoms with van der Waals surface area (Å²) in [5.41, 5.74) is 0. The van der Waals surface area contributed by atoms with Gasteiger partial charge in [-0.3, -0.25) is 14.2 Å². The quantitative estimate of drug-likeness (QED) is 0.0212. The van der Waals surface area contributed by atoms with Gasteiger partial charge in [0.25, 0.3) is 7.82 Å². The summed E-state index contributed by atoms with van der Waals surface area (Å²) in [6, 6.07) is -0.897. The molecule has 10 heteroatoms. The number of carbonyl (C=O) groups is 2. The maximum Gasteiger partial charge on any atom is 0.306 e. The molecule has 0 aromatic heterocycles. The smallest absolute Gasteiger partial charge is 0.306 e. The molecule has 0 radical (unpaired) electrons. The second-order valence-electron chi connectivity index (χ2n) is 23.2. The highest BCUT2D eigenvalue weighted by molar-refractivity contribution is 7.45. The van der Waals surface area contributed by atoms with Crippen LogP contribution in [-0.4, -0.2) is 69.4 Å². The van der Waals surface area contributed by atoms with Crippen LogP contribution in [0, 0.1) is 0 Å². The standard InChI is InChI=1S/C66H125N2O7P/c1-7-10-13-16-19-22-25-27-29-30-31-32-33-34-35-36-37-38-39-41-44-47-50-53-56-59-66(70)75-64(57-54-51-48-45-42-24-21-18-15-12-9-3)63(62-74-76(71,72)73-61-60-68(4,5)6)67-65(69)58-55-52-49-46-43-40-28-26-23-20-17-14-11-8-2/h11,14,20,23,28,40,54,57,63-64H,7-10,12-13,15-19,21-22,24-27,29-39,41-53,55-56,58-62H2,1-6H3,(H-,67,69,71,72)/b14-11+,23-20+,40-28+,57-54-. The van der Waals surface area contributed by atoms with Gasteiger partial charge >= 0.3 is 5.97 Å². The highest BCUT2D eigenvalue weighted by Gasteiger charge is 2.27. The minimum Gasteiger partial charge on any atom is -0.756 e. The monoisotopic (exact) mass is 1090 g/mol. The van der Waals surface area contributed by atoms with Gasteiger partial charge in [0.1, 0.15) is 19.3 Å². The molecule has 0 aliphatic heterocycles. The molecule has 0 aromatic carbocycles. The highest BCUT2D eigenvalue weighted by atomic mass is 31.2. The average molecular weight is 1090 g/mol. The minimum absolute atomic E-state index is 0.0260. The number of likely N-dealkylation sites (N-methyl/N-ethyl adjacent to an activating group) is 1. The fourth-order valence-corrected chi connectivity index (χ4v) is 10.3. The maximum absolute atomic E-state index is 13.5. The van der Waals surface area contributed by atoms with Gasteiger partial charge in [0.2, 0.25) is 5.91 Å². The summed E-state index contributed by atoms with van der Waals surface area (Å²) in [4.78, 5) is 39.9. The second kappa shape index (κ2) is 56.3. The number of allylic oxidation sites excluding steroid dienone is 7. The molecule has 0 saturated carbocycles. The molecular weight excluding hydrogens is 964 g/mol. The predicted octanol–water partition coefficient (Wildman–Crippen LogP) is 19.4. The molecule has 446 valence electrons. The molecule has 9 nitrogen and oxygen atoms in total. The third kappa shape index (κ3) is 56.7. The van der Waals surface area contributed by atoms with Gasteiger partial charge in [-0.2, -0.15) is 0 Å². The molecule has 76 heavy (non-hydrogen) atoms. The van der Waals surface area contributed by atoms with Gasteiger partial charge in [0, 0.05) is 12.8 Å². The van der Waals surface area contributed by atoms with Crippen molar-refractivity contribution < 1.29 is 37.3 Å². The van der Waals surface area contributed by atoms with Gasteiger partial charge in [-0.05, 0) is 63.9 Å². The topological polar surface area (TPSA) is 114 Å². The fourth-order valence-electron chi connectivity index (χ4n) is 9.54. The van der Waals surface area contributed by atoms with Gasteiger partial charge < -0.3 is 28.5 Å². The molecule has 0 rings (SSSR count). The van der Waals surface area contributed by atoms with Crippen molar-refractivity contribution in [1.82, 2.24) is 5.32 Å². The van der Waals surface area contributed by atoms with Crippen LogP contribution in [0.25, 0.3) is 0 Å². The van der Waals surface area contributed by atoms with Crippen molar-refractivity contribution in [2.45, 2.75) is 322 Å². The Kier molecular flexibility index (Phi) is 54.7. The summed E-state index contributed by atoms with van der Waals surface area (Å²) in [5, 5.41) is 3.02. The van der Waals surface area contributed by atoms with Gasteiger partial charge in [0.15, 0.2) is 0 Å². The molecule has 0 aliphatic carbocycles. The summed E-state index contributed by atoms with van der Waals surface area (Å²) in [5.74, 6) is -0.556. The molecule has 0 spiro atoms. The lowest BCUT2D eigenvalue weighted by atomic mass is 10.0. The number of esters is 1. The molecule has 1 N–H and O–H groups in total. The Morgan fingerprint density at radius 2 is 0.842 bits per heavy atom. The van der Waals surface area contributed by atoms with Crippen LogP contribution in [0.3, 0.4) is 0 Å². The first-order valence-corrected chi connectivity index (χ1v) is 33.9. The van der Waals surface area contributed by atoms with Gasteiger partial charge in [-0.25, -0.2) is 0 Å². The number of carbonyl (C=O) groups excluding carboxylic acids is 2. The van der Waals surface area contributed by atoms with Crippen molar-refractivity contribution in [2.24, 2.45) is 0 Å². The van der Waals surface area contributed by atoms with Crippen molar-refractivity contribution >= 4 is 19.7 Å². The Bertz CT molecular complexity index is 1440. The Hall–Kier alpha value is -2.03. The molecule has 0 aromatic rings. The van der Waals surface area contributed by atoms with E-state index in [9.17, 15) is 19.0 Å². The van der Waals surface area contributed by atoms with E-state index in [4.69, 9.17) is 13.8 Å². The zero-order valence-electron chi connectivity index (χ0n) is 51.0. The Morgan fingerprint density at radius 3 is 1.26 bits per heavy atom. The third-order valence-corrected chi connectivity index (χ3v) is 15.5. The van der Waals surface area contributed by atoms with E-state index in [1.165, 1.54) is 186 Å². The molecule has 0 saturated heterocycles. The first-order chi connectivity index (χ1) is 36.9. The van der Waals surface area contributed by atoms with Crippen LogP contribution in [0.1, 0.15) is 310 Å². The van der Waals surface area contributed by atoms with Crippen LogP contribution >= 0.6 is 7.82 Å². The van der Waals surface area contributed by atoms with Crippen LogP contribution in [-0.2, 0) is 27.9 Å². The molecule has 0 heterocycles. The Labute approximate surface area is 471 Å². The Balaban J connectivity index is 5.03. The van der Waals surface area contributed by atoms with E-state index < -0.39 is 26.6 Å². The number of phosphoric acid groups is 1. The number of unbranched alkanes of at least 4 members (excludes halogenated alkanes) is 37. The lowest BCUT2D eigenvalue weighted by molar-refractivity contribution is -0.870. The lowest BCUT2D eigenvalue weighted by Crippen LogP contribution is -2.47. The van der Waals surface area contributed by atoms with Crippen LogP contribution in [0.4, 0.5) is 0 Å². The second-order valence-corrected chi connectivity index (χ2v) is 24.7. The number of nitrogens with zero attached hydrogens (tertiary/aromatic N) is 1. The van der Waals surface area contributed by atoms with E-state index in [0.29, 0.717) is 23.9 Å². The number of hydrogen-bond acceptors (Lipinski definition) is 7. The molecule has 0 fully saturated rings. The molecule has 0 aliphatic rings. The number of amides is 1. The van der Waals surface area contributed by atoms with Crippen molar-refractivity contribution in [2.75, 3.05) is 40.9 Å². The van der Waals surface area contributed by atoms with Crippen LogP contribution in [0.2, 0.25) is 0 Å². The van der Waals surface area contributed by atoms with E-state index in [0.717, 1.165) is 83.5 Å². The third-order valence-electron chi connectivity index (χ3n) is 14.5. The van der Waals surface area contributed by atoms with E-state index >= 15 is 0 Å². The summed E-state index contributed by atoms with van der Waals surface area (Å²) >= 11 is 0. The SMILES string of the molecule is CC/C=C/C/C=C/C/C=C/CCCCCCC(=O)NC(COP(=O)([O-])OCC[N+](C)(C)C)C(/C=C\CCCCCCCCCCC)OC(=O)CCCCCCCCCCCCCCCCCCCCCCCCCCC. The van der Waals surface area contributed by atoms with Crippen molar-refractivity contribution in [1.29, 1.82) is 0 Å². The predicted molar refractivity (Wildman–Crippen MR) is 326 cm³/mol. The first kappa shape index (κ1) is 74.0. The van der Waals surface area contributed by atoms with Gasteiger partial charge in [-0.1, -0.05) is 282 Å². The highest BCUT2D eigenvalue weighted by Crippen LogP contribution is 2.38.